The molecular formula is C20H23ClN2O2S. The molecule has 2 aromatic carbocycles. The second-order valence-corrected chi connectivity index (χ2v) is 8.34. The summed E-state index contributed by atoms with van der Waals surface area (Å²) in [7, 11) is 0. The summed E-state index contributed by atoms with van der Waals surface area (Å²) >= 11 is 7.37. The first-order valence-corrected chi connectivity index (χ1v) is 9.81. The third-order valence-electron chi connectivity index (χ3n) is 3.35. The predicted molar refractivity (Wildman–Crippen MR) is 110 cm³/mol. The van der Waals surface area contributed by atoms with Crippen LogP contribution in [0.2, 0.25) is 5.02 Å². The molecule has 0 saturated heterocycles. The average molecular weight is 391 g/mol. The van der Waals surface area contributed by atoms with E-state index in [1.165, 1.54) is 11.8 Å². The van der Waals surface area contributed by atoms with Gasteiger partial charge in [-0.2, -0.15) is 0 Å². The molecular weight excluding hydrogens is 368 g/mol. The zero-order valence-corrected chi connectivity index (χ0v) is 16.7. The summed E-state index contributed by atoms with van der Waals surface area (Å²) in [6, 6.07) is 14.6. The van der Waals surface area contributed by atoms with E-state index in [2.05, 4.69) is 10.6 Å². The molecule has 2 N–H and O–H groups in total. The Hall–Kier alpha value is -1.98. The van der Waals surface area contributed by atoms with Crippen molar-refractivity contribution in [2.45, 2.75) is 32.1 Å². The highest BCUT2D eigenvalue weighted by Crippen LogP contribution is 2.18. The van der Waals surface area contributed by atoms with Crippen LogP contribution in [0.4, 0.5) is 5.69 Å². The number of hydrogen-bond donors (Lipinski definition) is 2. The highest BCUT2D eigenvalue weighted by molar-refractivity contribution is 7.99. The number of thioether (sulfide) groups is 1. The number of carbonyl (C=O) groups excluding carboxylic acids is 2. The lowest BCUT2D eigenvalue weighted by molar-refractivity contribution is -0.113. The van der Waals surface area contributed by atoms with Gasteiger partial charge in [0.2, 0.25) is 5.91 Å². The number of carbonyl (C=O) groups is 2. The molecule has 0 atom stereocenters. The molecule has 138 valence electrons. The summed E-state index contributed by atoms with van der Waals surface area (Å²) in [5.74, 6) is 0.677. The van der Waals surface area contributed by atoms with Gasteiger partial charge in [0.05, 0.1) is 17.0 Å². The third kappa shape index (κ3) is 6.73. The minimum Gasteiger partial charge on any atom is -0.347 e. The molecule has 0 fully saturated rings. The van der Waals surface area contributed by atoms with E-state index in [1.54, 1.807) is 24.3 Å². The molecule has 0 unspecified atom stereocenters. The molecule has 6 heteroatoms. The molecule has 0 heterocycles. The molecule has 0 spiro atoms. The van der Waals surface area contributed by atoms with E-state index in [0.29, 0.717) is 22.0 Å². The fourth-order valence-electron chi connectivity index (χ4n) is 2.23. The predicted octanol–water partition coefficient (Wildman–Crippen LogP) is 4.74. The fourth-order valence-corrected chi connectivity index (χ4v) is 3.14. The van der Waals surface area contributed by atoms with Crippen LogP contribution < -0.4 is 10.6 Å². The highest BCUT2D eigenvalue weighted by atomic mass is 35.5. The monoisotopic (exact) mass is 390 g/mol. The Morgan fingerprint density at radius 1 is 1.04 bits per heavy atom. The maximum atomic E-state index is 12.4. The van der Waals surface area contributed by atoms with Crippen LogP contribution in [0.5, 0.6) is 0 Å². The Labute approximate surface area is 163 Å². The van der Waals surface area contributed by atoms with Gasteiger partial charge in [-0.25, -0.2) is 0 Å². The minimum atomic E-state index is -0.345. The highest BCUT2D eigenvalue weighted by Gasteiger charge is 2.18. The van der Waals surface area contributed by atoms with Gasteiger partial charge < -0.3 is 10.6 Å². The van der Waals surface area contributed by atoms with Gasteiger partial charge in [0.25, 0.3) is 5.91 Å². The second kappa shape index (κ2) is 9.10. The molecule has 4 nitrogen and oxygen atoms in total. The third-order valence-corrected chi connectivity index (χ3v) is 4.61. The fraction of sp³-hybridized carbons (Fsp3) is 0.300. The number of benzene rings is 2. The largest absolute Gasteiger partial charge is 0.347 e. The standard InChI is InChI=1S/C20H23ClN2O2S/c1-20(2,3)23-19(25)16-6-4-5-7-17(16)22-18(24)13-26-12-14-8-10-15(21)11-9-14/h4-11H,12-13H2,1-3H3,(H,22,24)(H,23,25). The minimum absolute atomic E-state index is 0.139. The first kappa shape index (κ1) is 20.3. The Morgan fingerprint density at radius 3 is 2.35 bits per heavy atom. The van der Waals surface area contributed by atoms with E-state index in [0.717, 1.165) is 11.3 Å². The van der Waals surface area contributed by atoms with E-state index in [9.17, 15) is 9.59 Å². The molecule has 2 amide bonds. The van der Waals surface area contributed by atoms with E-state index >= 15 is 0 Å². The summed E-state index contributed by atoms with van der Waals surface area (Å²) in [6.45, 7) is 5.75. The Morgan fingerprint density at radius 2 is 1.69 bits per heavy atom. The lowest BCUT2D eigenvalue weighted by Gasteiger charge is -2.21. The van der Waals surface area contributed by atoms with Crippen LogP contribution in [-0.4, -0.2) is 23.1 Å². The summed E-state index contributed by atoms with van der Waals surface area (Å²) in [6.07, 6.45) is 0. The lowest BCUT2D eigenvalue weighted by atomic mass is 10.1. The quantitative estimate of drug-likeness (QED) is 0.748. The lowest BCUT2D eigenvalue weighted by Crippen LogP contribution is -2.40. The molecule has 0 radical (unpaired) electrons. The van der Waals surface area contributed by atoms with Gasteiger partial charge in [0.1, 0.15) is 0 Å². The zero-order valence-electron chi connectivity index (χ0n) is 15.1. The number of nitrogens with one attached hydrogen (secondary N) is 2. The molecule has 0 aliphatic carbocycles. The van der Waals surface area contributed by atoms with Crippen LogP contribution in [0.25, 0.3) is 0 Å². The first-order valence-electron chi connectivity index (χ1n) is 8.28. The van der Waals surface area contributed by atoms with E-state index in [1.807, 2.05) is 45.0 Å². The summed E-state index contributed by atoms with van der Waals surface area (Å²) in [4.78, 5) is 24.6. The SMILES string of the molecule is CC(C)(C)NC(=O)c1ccccc1NC(=O)CSCc1ccc(Cl)cc1. The van der Waals surface area contributed by atoms with Gasteiger partial charge in [0.15, 0.2) is 0 Å². The van der Waals surface area contributed by atoms with Crippen LogP contribution in [0.15, 0.2) is 48.5 Å². The first-order chi connectivity index (χ1) is 12.2. The van der Waals surface area contributed by atoms with Crippen molar-refractivity contribution >= 4 is 40.9 Å². The van der Waals surface area contributed by atoms with Gasteiger partial charge in [-0.3, -0.25) is 9.59 Å². The maximum absolute atomic E-state index is 12.4. The summed E-state index contributed by atoms with van der Waals surface area (Å²) in [5.41, 5.74) is 1.74. The number of para-hydroxylation sites is 1. The number of anilines is 1. The normalized spacial score (nSPS) is 11.1. The number of hydrogen-bond acceptors (Lipinski definition) is 3. The van der Waals surface area contributed by atoms with Crippen molar-refractivity contribution in [2.24, 2.45) is 0 Å². The van der Waals surface area contributed by atoms with Crippen LogP contribution in [0.3, 0.4) is 0 Å². The van der Waals surface area contributed by atoms with Gasteiger partial charge in [-0.15, -0.1) is 11.8 Å². The van der Waals surface area contributed by atoms with E-state index < -0.39 is 0 Å². The topological polar surface area (TPSA) is 58.2 Å². The van der Waals surface area contributed by atoms with Crippen molar-refractivity contribution in [1.82, 2.24) is 5.32 Å². The zero-order chi connectivity index (χ0) is 19.2. The van der Waals surface area contributed by atoms with Crippen LogP contribution in [-0.2, 0) is 10.5 Å². The smallest absolute Gasteiger partial charge is 0.253 e. The van der Waals surface area contributed by atoms with Crippen molar-refractivity contribution in [1.29, 1.82) is 0 Å². The molecule has 0 aliphatic heterocycles. The van der Waals surface area contributed by atoms with Crippen molar-refractivity contribution in [3.63, 3.8) is 0 Å². The van der Waals surface area contributed by atoms with Gasteiger partial charge in [-0.1, -0.05) is 35.9 Å². The Balaban J connectivity index is 1.92. The molecule has 2 rings (SSSR count). The molecule has 0 saturated carbocycles. The number of halogens is 1. The molecule has 0 bridgehead atoms. The second-order valence-electron chi connectivity index (χ2n) is 6.92. The van der Waals surface area contributed by atoms with Crippen LogP contribution in [0, 0.1) is 0 Å². The number of amides is 2. The Kier molecular flexibility index (Phi) is 7.12. The average Bonchev–Trinajstić information content (AvgIpc) is 2.55. The van der Waals surface area contributed by atoms with E-state index in [-0.39, 0.29) is 17.4 Å². The van der Waals surface area contributed by atoms with Crippen molar-refractivity contribution in [3.8, 4) is 0 Å². The van der Waals surface area contributed by atoms with Crippen molar-refractivity contribution in [2.75, 3.05) is 11.1 Å². The van der Waals surface area contributed by atoms with Crippen LogP contribution >= 0.6 is 23.4 Å². The molecule has 2 aromatic rings. The van der Waals surface area contributed by atoms with Gasteiger partial charge in [-0.05, 0) is 50.6 Å². The van der Waals surface area contributed by atoms with Crippen LogP contribution in [0.1, 0.15) is 36.7 Å². The Bertz CT molecular complexity index is 770. The summed E-state index contributed by atoms with van der Waals surface area (Å²) in [5, 5.41) is 6.44. The van der Waals surface area contributed by atoms with Gasteiger partial charge in [0, 0.05) is 16.3 Å². The molecule has 0 aromatic heterocycles. The van der Waals surface area contributed by atoms with Gasteiger partial charge >= 0.3 is 0 Å². The molecule has 26 heavy (non-hydrogen) atoms. The van der Waals surface area contributed by atoms with Crippen molar-refractivity contribution in [3.05, 3.63) is 64.7 Å². The van der Waals surface area contributed by atoms with E-state index in [4.69, 9.17) is 11.6 Å². The maximum Gasteiger partial charge on any atom is 0.253 e. The summed E-state index contributed by atoms with van der Waals surface area (Å²) < 4.78 is 0. The molecule has 0 aliphatic rings. The number of rotatable bonds is 6. The van der Waals surface area contributed by atoms with Crippen molar-refractivity contribution < 1.29 is 9.59 Å².